The highest BCUT2D eigenvalue weighted by atomic mass is 19.4. The molecule has 14 heteroatoms. The van der Waals surface area contributed by atoms with Crippen molar-refractivity contribution >= 4 is 5.97 Å². The SMILES string of the molecule is CC1C2CC(C1C)C(C(=O)OCC(F)(F)C(F)(F)C(F)(F)C(F)(F)F)(C(F)(F)F)C2. The molecule has 2 bridgehead atoms. The van der Waals surface area contributed by atoms with E-state index in [9.17, 15) is 57.5 Å². The topological polar surface area (TPSA) is 26.3 Å². The third-order valence-corrected chi connectivity index (χ3v) is 6.45. The molecule has 2 fully saturated rings. The summed E-state index contributed by atoms with van der Waals surface area (Å²) in [5.74, 6) is -26.1. The lowest BCUT2D eigenvalue weighted by Crippen LogP contribution is -2.62. The van der Waals surface area contributed by atoms with Crippen molar-refractivity contribution in [3.8, 4) is 0 Å². The summed E-state index contributed by atoms with van der Waals surface area (Å²) < 4.78 is 160. The lowest BCUT2D eigenvalue weighted by molar-refractivity contribution is -0.399. The number of halogens is 12. The van der Waals surface area contributed by atoms with E-state index in [1.165, 1.54) is 6.92 Å². The molecule has 5 atom stereocenters. The minimum Gasteiger partial charge on any atom is -0.458 e. The molecule has 0 aliphatic heterocycles. The van der Waals surface area contributed by atoms with E-state index >= 15 is 0 Å². The maximum atomic E-state index is 13.7. The van der Waals surface area contributed by atoms with Crippen LogP contribution in [0, 0.1) is 29.1 Å². The Morgan fingerprint density at radius 1 is 0.867 bits per heavy atom. The largest absolute Gasteiger partial charge is 0.460 e. The number of carbonyl (C=O) groups is 1. The number of alkyl halides is 12. The van der Waals surface area contributed by atoms with Gasteiger partial charge in [0.05, 0.1) is 0 Å². The highest BCUT2D eigenvalue weighted by Crippen LogP contribution is 2.66. The second kappa shape index (κ2) is 6.81. The number of rotatable bonds is 5. The van der Waals surface area contributed by atoms with Gasteiger partial charge in [0.15, 0.2) is 12.0 Å². The van der Waals surface area contributed by atoms with Crippen LogP contribution in [-0.4, -0.2) is 42.7 Å². The summed E-state index contributed by atoms with van der Waals surface area (Å²) in [7, 11) is 0. The molecule has 0 aromatic rings. The quantitative estimate of drug-likeness (QED) is 0.374. The number of hydrogen-bond acceptors (Lipinski definition) is 2. The fourth-order valence-electron chi connectivity index (χ4n) is 4.50. The Morgan fingerprint density at radius 2 is 1.37 bits per heavy atom. The summed E-state index contributed by atoms with van der Waals surface area (Å²) in [4.78, 5) is 12.1. The molecule has 5 unspecified atom stereocenters. The second-order valence-corrected chi connectivity index (χ2v) is 7.92. The maximum Gasteiger partial charge on any atom is 0.460 e. The standard InChI is InChI=1S/C16H16F12O2/c1-6-7(2)9-3-8(6)4-11(9,15(23,24)25)10(29)30-5-12(17,18)13(19,20)14(21,22)16(26,27)28/h6-9H,3-5H2,1-2H3. The van der Waals surface area contributed by atoms with Crippen molar-refractivity contribution in [2.75, 3.05) is 6.61 Å². The molecule has 0 aromatic heterocycles. The first-order valence-electron chi connectivity index (χ1n) is 8.59. The average molecular weight is 468 g/mol. The lowest BCUT2D eigenvalue weighted by atomic mass is 9.65. The number of esters is 1. The van der Waals surface area contributed by atoms with Crippen LogP contribution in [0.15, 0.2) is 0 Å². The first kappa shape index (κ1) is 24.9. The van der Waals surface area contributed by atoms with Crippen LogP contribution in [0.2, 0.25) is 0 Å². The summed E-state index contributed by atoms with van der Waals surface area (Å²) in [6.45, 7) is -0.104. The van der Waals surface area contributed by atoms with Crippen LogP contribution in [0.5, 0.6) is 0 Å². The Labute approximate surface area is 161 Å². The summed E-state index contributed by atoms with van der Waals surface area (Å²) in [5.41, 5.74) is -3.33. The van der Waals surface area contributed by atoms with Gasteiger partial charge in [-0.3, -0.25) is 4.79 Å². The van der Waals surface area contributed by atoms with Crippen molar-refractivity contribution in [1.29, 1.82) is 0 Å². The van der Waals surface area contributed by atoms with Gasteiger partial charge in [0.2, 0.25) is 0 Å². The molecule has 0 amide bonds. The Morgan fingerprint density at radius 3 is 1.73 bits per heavy atom. The molecule has 30 heavy (non-hydrogen) atoms. The Bertz CT molecular complexity index is 681. The molecule has 0 radical (unpaired) electrons. The van der Waals surface area contributed by atoms with Crippen LogP contribution in [0.25, 0.3) is 0 Å². The zero-order chi connectivity index (χ0) is 23.7. The van der Waals surface area contributed by atoms with Crippen molar-refractivity contribution in [3.05, 3.63) is 0 Å². The number of ether oxygens (including phenoxy) is 1. The van der Waals surface area contributed by atoms with Crippen LogP contribution in [0.3, 0.4) is 0 Å². The number of carbonyl (C=O) groups excluding carboxylic acids is 1. The molecule has 2 aliphatic rings. The highest BCUT2D eigenvalue weighted by Gasteiger charge is 2.82. The molecule has 0 saturated heterocycles. The van der Waals surface area contributed by atoms with Gasteiger partial charge in [-0.25, -0.2) is 0 Å². The van der Waals surface area contributed by atoms with Gasteiger partial charge in [0, 0.05) is 0 Å². The van der Waals surface area contributed by atoms with Crippen LogP contribution in [0.1, 0.15) is 26.7 Å². The van der Waals surface area contributed by atoms with Crippen LogP contribution in [0.4, 0.5) is 52.7 Å². The predicted octanol–water partition coefficient (Wildman–Crippen LogP) is 5.86. The summed E-state index contributed by atoms with van der Waals surface area (Å²) >= 11 is 0. The second-order valence-electron chi connectivity index (χ2n) is 7.92. The van der Waals surface area contributed by atoms with Gasteiger partial charge >= 0.3 is 36.1 Å². The molecule has 0 heterocycles. The summed E-state index contributed by atoms with van der Waals surface area (Å²) in [6, 6.07) is 0. The van der Waals surface area contributed by atoms with E-state index in [0.29, 0.717) is 0 Å². The minimum absolute atomic E-state index is 0.129. The molecule has 2 aliphatic carbocycles. The van der Waals surface area contributed by atoms with Crippen molar-refractivity contribution in [2.24, 2.45) is 29.1 Å². The Kier molecular flexibility index (Phi) is 5.65. The third kappa shape index (κ3) is 3.23. The van der Waals surface area contributed by atoms with Gasteiger partial charge in [0.1, 0.15) is 0 Å². The van der Waals surface area contributed by atoms with Crippen molar-refractivity contribution in [2.45, 2.75) is 56.8 Å². The van der Waals surface area contributed by atoms with Crippen LogP contribution < -0.4 is 0 Å². The highest BCUT2D eigenvalue weighted by molar-refractivity contribution is 5.79. The van der Waals surface area contributed by atoms with Crippen LogP contribution in [-0.2, 0) is 9.53 Å². The molecule has 2 rings (SSSR count). The number of hydrogen-bond donors (Lipinski definition) is 0. The lowest BCUT2D eigenvalue weighted by Gasteiger charge is -2.42. The first-order valence-corrected chi connectivity index (χ1v) is 8.59. The van der Waals surface area contributed by atoms with Gasteiger partial charge in [-0.1, -0.05) is 13.8 Å². The normalized spacial score (nSPS) is 33.1. The van der Waals surface area contributed by atoms with E-state index in [2.05, 4.69) is 4.74 Å². The summed E-state index contributed by atoms with van der Waals surface area (Å²) in [6.07, 6.45) is -13.4. The van der Waals surface area contributed by atoms with Gasteiger partial charge in [-0.05, 0) is 36.5 Å². The molecule has 176 valence electrons. The monoisotopic (exact) mass is 468 g/mol. The molecular weight excluding hydrogens is 452 g/mol. The molecule has 2 saturated carbocycles. The Balaban J connectivity index is 2.29. The van der Waals surface area contributed by atoms with Crippen molar-refractivity contribution in [3.63, 3.8) is 0 Å². The zero-order valence-electron chi connectivity index (χ0n) is 15.3. The fraction of sp³-hybridized carbons (Fsp3) is 0.938. The predicted molar refractivity (Wildman–Crippen MR) is 74.9 cm³/mol. The summed E-state index contributed by atoms with van der Waals surface area (Å²) in [5, 5.41) is 0. The average Bonchev–Trinajstić information content (AvgIpc) is 3.09. The number of fused-ring (bicyclic) bond motifs is 2. The van der Waals surface area contributed by atoms with E-state index in [4.69, 9.17) is 0 Å². The van der Waals surface area contributed by atoms with E-state index in [1.54, 1.807) is 6.92 Å². The maximum absolute atomic E-state index is 13.7. The zero-order valence-corrected chi connectivity index (χ0v) is 15.3. The van der Waals surface area contributed by atoms with E-state index < -0.39 is 72.3 Å². The molecule has 0 aromatic carbocycles. The molecular formula is C16H16F12O2. The van der Waals surface area contributed by atoms with Gasteiger partial charge in [-0.2, -0.15) is 52.7 Å². The van der Waals surface area contributed by atoms with Gasteiger partial charge < -0.3 is 4.74 Å². The van der Waals surface area contributed by atoms with Gasteiger partial charge in [-0.15, -0.1) is 0 Å². The van der Waals surface area contributed by atoms with E-state index in [1.807, 2.05) is 0 Å². The molecule has 2 nitrogen and oxygen atoms in total. The third-order valence-electron chi connectivity index (χ3n) is 6.45. The van der Waals surface area contributed by atoms with Crippen molar-refractivity contribution in [1.82, 2.24) is 0 Å². The molecule has 0 N–H and O–H groups in total. The Hall–Kier alpha value is -1.37. The first-order chi connectivity index (χ1) is 13.1. The smallest absolute Gasteiger partial charge is 0.458 e. The molecule has 0 spiro atoms. The van der Waals surface area contributed by atoms with Crippen molar-refractivity contribution < 1.29 is 62.2 Å². The van der Waals surface area contributed by atoms with Crippen LogP contribution >= 0.6 is 0 Å². The van der Waals surface area contributed by atoms with E-state index in [0.717, 1.165) is 0 Å². The minimum atomic E-state index is -7.23. The van der Waals surface area contributed by atoms with E-state index in [-0.39, 0.29) is 12.3 Å². The van der Waals surface area contributed by atoms with Gasteiger partial charge in [0.25, 0.3) is 0 Å². The fourth-order valence-corrected chi connectivity index (χ4v) is 4.50.